The predicted octanol–water partition coefficient (Wildman–Crippen LogP) is 2.95. The average molecular weight is 213 g/mol. The van der Waals surface area contributed by atoms with Gasteiger partial charge in [0.25, 0.3) is 0 Å². The van der Waals surface area contributed by atoms with Gasteiger partial charge in [0.1, 0.15) is 0 Å². The summed E-state index contributed by atoms with van der Waals surface area (Å²) in [6, 6.07) is 7.10. The average Bonchev–Trinajstić information content (AvgIpc) is 2.19. The minimum atomic E-state index is -0.855. The van der Waals surface area contributed by atoms with Crippen molar-refractivity contribution in [1.29, 1.82) is 0 Å². The molecular formula is C11H13ClO2. The van der Waals surface area contributed by atoms with E-state index in [2.05, 4.69) is 0 Å². The second-order valence-corrected chi connectivity index (χ2v) is 3.49. The lowest BCUT2D eigenvalue weighted by Gasteiger charge is -2.04. The molecule has 0 radical (unpaired) electrons. The molecule has 0 heterocycles. The van der Waals surface area contributed by atoms with Crippen molar-refractivity contribution >= 4 is 17.6 Å². The van der Waals surface area contributed by atoms with Crippen molar-refractivity contribution < 1.29 is 9.90 Å². The number of aromatic carboxylic acids is 1. The Bertz CT molecular complexity index is 310. The van der Waals surface area contributed by atoms with E-state index < -0.39 is 5.97 Å². The zero-order valence-electron chi connectivity index (χ0n) is 7.87. The maximum absolute atomic E-state index is 10.8. The van der Waals surface area contributed by atoms with Crippen LogP contribution in [0.1, 0.15) is 28.8 Å². The van der Waals surface area contributed by atoms with Crippen LogP contribution in [0.15, 0.2) is 24.3 Å². The number of carboxylic acids is 1. The SMILES string of the molecule is O=C(O)c1ccccc1CCCCCl. The Morgan fingerprint density at radius 3 is 2.64 bits per heavy atom. The lowest BCUT2D eigenvalue weighted by Crippen LogP contribution is -2.02. The van der Waals surface area contributed by atoms with E-state index in [0.717, 1.165) is 24.8 Å². The van der Waals surface area contributed by atoms with E-state index in [1.807, 2.05) is 12.1 Å². The van der Waals surface area contributed by atoms with Gasteiger partial charge < -0.3 is 5.11 Å². The molecule has 0 aliphatic carbocycles. The summed E-state index contributed by atoms with van der Waals surface area (Å²) in [6.07, 6.45) is 2.65. The summed E-state index contributed by atoms with van der Waals surface area (Å²) >= 11 is 5.55. The Hall–Kier alpha value is -1.02. The molecule has 0 aliphatic heterocycles. The van der Waals surface area contributed by atoms with Crippen LogP contribution in [0.3, 0.4) is 0 Å². The number of carbonyl (C=O) groups is 1. The third kappa shape index (κ3) is 3.04. The standard InChI is InChI=1S/C11H13ClO2/c12-8-4-3-6-9-5-1-2-7-10(9)11(13)14/h1-2,5,7H,3-4,6,8H2,(H,13,14). The van der Waals surface area contributed by atoms with Gasteiger partial charge in [0.15, 0.2) is 0 Å². The molecule has 1 rings (SSSR count). The van der Waals surface area contributed by atoms with Gasteiger partial charge in [-0.15, -0.1) is 11.6 Å². The second kappa shape index (κ2) is 5.66. The van der Waals surface area contributed by atoms with E-state index in [1.165, 1.54) is 0 Å². The number of halogens is 1. The summed E-state index contributed by atoms with van der Waals surface area (Å²) in [5, 5.41) is 8.90. The predicted molar refractivity (Wildman–Crippen MR) is 57.1 cm³/mol. The van der Waals surface area contributed by atoms with E-state index in [0.29, 0.717) is 11.4 Å². The maximum atomic E-state index is 10.8. The van der Waals surface area contributed by atoms with Crippen LogP contribution in [0.2, 0.25) is 0 Å². The largest absolute Gasteiger partial charge is 0.478 e. The van der Waals surface area contributed by atoms with Gasteiger partial charge >= 0.3 is 5.97 Å². The summed E-state index contributed by atoms with van der Waals surface area (Å²) < 4.78 is 0. The molecule has 0 atom stereocenters. The molecule has 0 saturated heterocycles. The van der Waals surface area contributed by atoms with Gasteiger partial charge in [-0.3, -0.25) is 0 Å². The van der Waals surface area contributed by atoms with Crippen molar-refractivity contribution in [3.63, 3.8) is 0 Å². The number of hydrogen-bond acceptors (Lipinski definition) is 1. The highest BCUT2D eigenvalue weighted by atomic mass is 35.5. The van der Waals surface area contributed by atoms with Crippen LogP contribution in [0, 0.1) is 0 Å². The summed E-state index contributed by atoms with van der Waals surface area (Å²) in [7, 11) is 0. The summed E-state index contributed by atoms with van der Waals surface area (Å²) in [6.45, 7) is 0. The van der Waals surface area contributed by atoms with Gasteiger partial charge in [-0.25, -0.2) is 4.79 Å². The molecule has 2 nitrogen and oxygen atoms in total. The maximum Gasteiger partial charge on any atom is 0.335 e. The second-order valence-electron chi connectivity index (χ2n) is 3.11. The highest BCUT2D eigenvalue weighted by Gasteiger charge is 2.07. The Labute approximate surface area is 88.5 Å². The number of benzene rings is 1. The molecule has 1 N–H and O–H groups in total. The van der Waals surface area contributed by atoms with Crippen LogP contribution in [-0.2, 0) is 6.42 Å². The monoisotopic (exact) mass is 212 g/mol. The molecule has 0 fully saturated rings. The van der Waals surface area contributed by atoms with E-state index in [9.17, 15) is 4.79 Å². The molecule has 0 amide bonds. The zero-order chi connectivity index (χ0) is 10.4. The number of aryl methyl sites for hydroxylation is 1. The summed E-state index contributed by atoms with van der Waals surface area (Å²) in [5.41, 5.74) is 1.30. The lowest BCUT2D eigenvalue weighted by molar-refractivity contribution is 0.0695. The van der Waals surface area contributed by atoms with E-state index in [4.69, 9.17) is 16.7 Å². The first kappa shape index (κ1) is 11.1. The molecule has 0 spiro atoms. The van der Waals surface area contributed by atoms with Crippen molar-refractivity contribution in [3.8, 4) is 0 Å². The van der Waals surface area contributed by atoms with Crippen molar-refractivity contribution in [3.05, 3.63) is 35.4 Å². The fraction of sp³-hybridized carbons (Fsp3) is 0.364. The van der Waals surface area contributed by atoms with Crippen LogP contribution in [0.5, 0.6) is 0 Å². The molecule has 76 valence electrons. The van der Waals surface area contributed by atoms with Gasteiger partial charge in [-0.05, 0) is 30.9 Å². The topological polar surface area (TPSA) is 37.3 Å². The van der Waals surface area contributed by atoms with Gasteiger partial charge in [0.05, 0.1) is 5.56 Å². The fourth-order valence-corrected chi connectivity index (χ4v) is 1.55. The van der Waals surface area contributed by atoms with Gasteiger partial charge in [-0.1, -0.05) is 18.2 Å². The Morgan fingerprint density at radius 2 is 2.00 bits per heavy atom. The first-order valence-corrected chi connectivity index (χ1v) is 5.16. The number of unbranched alkanes of at least 4 members (excludes halogenated alkanes) is 1. The molecule has 1 aromatic carbocycles. The number of hydrogen-bond donors (Lipinski definition) is 1. The highest BCUT2D eigenvalue weighted by molar-refractivity contribution is 6.17. The van der Waals surface area contributed by atoms with E-state index in [-0.39, 0.29) is 0 Å². The third-order valence-electron chi connectivity index (χ3n) is 2.08. The third-order valence-corrected chi connectivity index (χ3v) is 2.34. The van der Waals surface area contributed by atoms with Crippen LogP contribution in [-0.4, -0.2) is 17.0 Å². The van der Waals surface area contributed by atoms with Crippen molar-refractivity contribution in [2.24, 2.45) is 0 Å². The Morgan fingerprint density at radius 1 is 1.29 bits per heavy atom. The minimum absolute atomic E-state index is 0.405. The lowest BCUT2D eigenvalue weighted by atomic mass is 10.0. The molecule has 0 aliphatic rings. The molecular weight excluding hydrogens is 200 g/mol. The molecule has 0 unspecified atom stereocenters. The van der Waals surface area contributed by atoms with Crippen molar-refractivity contribution in [2.45, 2.75) is 19.3 Å². The smallest absolute Gasteiger partial charge is 0.335 e. The quantitative estimate of drug-likeness (QED) is 0.602. The molecule has 14 heavy (non-hydrogen) atoms. The number of carboxylic acid groups (broad SMARTS) is 1. The molecule has 0 bridgehead atoms. The first-order chi connectivity index (χ1) is 6.75. The van der Waals surface area contributed by atoms with Gasteiger partial charge in [0.2, 0.25) is 0 Å². The number of alkyl halides is 1. The van der Waals surface area contributed by atoms with Crippen LogP contribution >= 0.6 is 11.6 Å². The number of rotatable bonds is 5. The van der Waals surface area contributed by atoms with Gasteiger partial charge in [-0.2, -0.15) is 0 Å². The zero-order valence-corrected chi connectivity index (χ0v) is 8.63. The first-order valence-electron chi connectivity index (χ1n) is 4.63. The minimum Gasteiger partial charge on any atom is -0.478 e. The van der Waals surface area contributed by atoms with Crippen molar-refractivity contribution in [2.75, 3.05) is 5.88 Å². The van der Waals surface area contributed by atoms with Crippen LogP contribution in [0.25, 0.3) is 0 Å². The Kier molecular flexibility index (Phi) is 4.47. The molecule has 3 heteroatoms. The molecule has 1 aromatic rings. The Balaban J connectivity index is 2.69. The van der Waals surface area contributed by atoms with E-state index in [1.54, 1.807) is 12.1 Å². The van der Waals surface area contributed by atoms with E-state index >= 15 is 0 Å². The van der Waals surface area contributed by atoms with Gasteiger partial charge in [0, 0.05) is 5.88 Å². The summed E-state index contributed by atoms with van der Waals surface area (Å²) in [4.78, 5) is 10.8. The fourth-order valence-electron chi connectivity index (χ4n) is 1.36. The molecule has 0 aromatic heterocycles. The normalized spacial score (nSPS) is 10.1. The van der Waals surface area contributed by atoms with Crippen LogP contribution < -0.4 is 0 Å². The highest BCUT2D eigenvalue weighted by Crippen LogP contribution is 2.12. The van der Waals surface area contributed by atoms with Crippen LogP contribution in [0.4, 0.5) is 0 Å². The molecule has 0 saturated carbocycles. The van der Waals surface area contributed by atoms with Crippen molar-refractivity contribution in [1.82, 2.24) is 0 Å². The summed E-state index contributed by atoms with van der Waals surface area (Å²) in [5.74, 6) is -0.221.